The molecule has 0 amide bonds. The fraction of sp³-hybridized carbons (Fsp3) is 0.385. The first-order valence-electron chi connectivity index (χ1n) is 5.45. The zero-order valence-electron chi connectivity index (χ0n) is 9.74. The summed E-state index contributed by atoms with van der Waals surface area (Å²) in [7, 11) is 1.32. The second-order valence-electron chi connectivity index (χ2n) is 3.74. The Balaban J connectivity index is 2.28. The van der Waals surface area contributed by atoms with Crippen LogP contribution in [0.3, 0.4) is 0 Å². The summed E-state index contributed by atoms with van der Waals surface area (Å²) in [5.74, 6) is -0.268. The molecule has 0 fully saturated rings. The zero-order valence-corrected chi connectivity index (χ0v) is 10.5. The lowest BCUT2D eigenvalue weighted by Crippen LogP contribution is -2.06. The number of hydrogen-bond acceptors (Lipinski definition) is 3. The predicted molar refractivity (Wildman–Crippen MR) is 66.0 cm³/mol. The second-order valence-corrected chi connectivity index (χ2v) is 4.18. The van der Waals surface area contributed by atoms with Crippen LogP contribution in [0.25, 0.3) is 0 Å². The number of ketones is 1. The Morgan fingerprint density at radius 1 is 1.12 bits per heavy atom. The van der Waals surface area contributed by atoms with E-state index in [0.717, 1.165) is 5.56 Å². The maximum absolute atomic E-state index is 11.5. The highest BCUT2D eigenvalue weighted by atomic mass is 35.5. The van der Waals surface area contributed by atoms with E-state index in [9.17, 15) is 9.59 Å². The van der Waals surface area contributed by atoms with Crippen molar-refractivity contribution in [2.24, 2.45) is 0 Å². The van der Waals surface area contributed by atoms with E-state index in [4.69, 9.17) is 11.6 Å². The molecule has 3 nitrogen and oxygen atoms in total. The molecule has 0 saturated heterocycles. The van der Waals surface area contributed by atoms with Crippen molar-refractivity contribution in [3.63, 3.8) is 0 Å². The van der Waals surface area contributed by atoms with Crippen LogP contribution in [-0.2, 0) is 20.7 Å². The number of methoxy groups -OCH3 is 1. The van der Waals surface area contributed by atoms with Crippen molar-refractivity contribution < 1.29 is 14.3 Å². The molecule has 0 aliphatic carbocycles. The van der Waals surface area contributed by atoms with Gasteiger partial charge in [0, 0.05) is 17.9 Å². The van der Waals surface area contributed by atoms with E-state index in [1.807, 2.05) is 12.1 Å². The third-order valence-electron chi connectivity index (χ3n) is 2.44. The van der Waals surface area contributed by atoms with Crippen LogP contribution in [0.2, 0.25) is 5.02 Å². The molecule has 0 radical (unpaired) electrons. The maximum Gasteiger partial charge on any atom is 0.305 e. The number of hydrogen-bond donors (Lipinski definition) is 0. The Kier molecular flexibility index (Phi) is 5.70. The van der Waals surface area contributed by atoms with Crippen LogP contribution in [0.5, 0.6) is 0 Å². The summed E-state index contributed by atoms with van der Waals surface area (Å²) in [6.07, 6.45) is 1.53. The average molecular weight is 255 g/mol. The molecular weight excluding hydrogens is 240 g/mol. The van der Waals surface area contributed by atoms with Crippen LogP contribution < -0.4 is 0 Å². The van der Waals surface area contributed by atoms with Crippen molar-refractivity contribution in [1.29, 1.82) is 0 Å². The molecular formula is C13H15ClO3. The van der Waals surface area contributed by atoms with Crippen molar-refractivity contribution in [1.82, 2.24) is 0 Å². The molecule has 0 bridgehead atoms. The van der Waals surface area contributed by atoms with Crippen molar-refractivity contribution in [3.8, 4) is 0 Å². The van der Waals surface area contributed by atoms with E-state index in [2.05, 4.69) is 4.74 Å². The van der Waals surface area contributed by atoms with Gasteiger partial charge in [-0.1, -0.05) is 23.7 Å². The molecule has 0 spiro atoms. The first kappa shape index (κ1) is 13.7. The summed E-state index contributed by atoms with van der Waals surface area (Å²) >= 11 is 5.76. The molecule has 17 heavy (non-hydrogen) atoms. The monoisotopic (exact) mass is 254 g/mol. The number of carbonyl (C=O) groups is 2. The number of halogens is 1. The lowest BCUT2D eigenvalue weighted by Gasteiger charge is -2.01. The molecule has 0 unspecified atom stereocenters. The lowest BCUT2D eigenvalue weighted by atomic mass is 10.1. The number of ether oxygens (including phenoxy) is 1. The van der Waals surface area contributed by atoms with Crippen molar-refractivity contribution >= 4 is 23.4 Å². The summed E-state index contributed by atoms with van der Waals surface area (Å²) < 4.78 is 4.47. The van der Waals surface area contributed by atoms with Crippen LogP contribution in [0.15, 0.2) is 24.3 Å². The van der Waals surface area contributed by atoms with Crippen LogP contribution in [0.4, 0.5) is 0 Å². The van der Waals surface area contributed by atoms with Crippen molar-refractivity contribution in [2.75, 3.05) is 7.11 Å². The summed E-state index contributed by atoms with van der Waals surface area (Å²) in [6.45, 7) is 0. The highest BCUT2D eigenvalue weighted by Gasteiger charge is 2.07. The average Bonchev–Trinajstić information content (AvgIpc) is 2.35. The highest BCUT2D eigenvalue weighted by molar-refractivity contribution is 6.30. The summed E-state index contributed by atoms with van der Waals surface area (Å²) in [5.41, 5.74) is 1.07. The summed E-state index contributed by atoms with van der Waals surface area (Å²) in [4.78, 5) is 22.3. The summed E-state index contributed by atoms with van der Waals surface area (Å²) in [5, 5.41) is 0.686. The molecule has 0 atom stereocenters. The smallest absolute Gasteiger partial charge is 0.305 e. The van der Waals surface area contributed by atoms with Gasteiger partial charge in [-0.2, -0.15) is 0 Å². The lowest BCUT2D eigenvalue weighted by molar-refractivity contribution is -0.141. The maximum atomic E-state index is 11.5. The number of rotatable bonds is 6. The number of benzene rings is 1. The second kappa shape index (κ2) is 7.07. The van der Waals surface area contributed by atoms with Gasteiger partial charge in [0.1, 0.15) is 5.78 Å². The van der Waals surface area contributed by atoms with E-state index in [1.165, 1.54) is 7.11 Å². The van der Waals surface area contributed by atoms with Crippen LogP contribution >= 0.6 is 11.6 Å². The van der Waals surface area contributed by atoms with Gasteiger partial charge >= 0.3 is 5.97 Å². The SMILES string of the molecule is COC(=O)CCC(=O)CCc1ccc(Cl)cc1. The summed E-state index contributed by atoms with van der Waals surface area (Å²) in [6, 6.07) is 7.40. The Bertz CT molecular complexity index is 384. The molecule has 1 aromatic carbocycles. The molecule has 0 aliphatic rings. The van der Waals surface area contributed by atoms with Gasteiger partial charge in [-0.15, -0.1) is 0 Å². The molecule has 4 heteroatoms. The van der Waals surface area contributed by atoms with Gasteiger partial charge in [0.05, 0.1) is 13.5 Å². The van der Waals surface area contributed by atoms with E-state index >= 15 is 0 Å². The third-order valence-corrected chi connectivity index (χ3v) is 2.69. The molecule has 0 aromatic heterocycles. The largest absolute Gasteiger partial charge is 0.469 e. The molecule has 1 rings (SSSR count). The fourth-order valence-electron chi connectivity index (χ4n) is 1.40. The first-order valence-corrected chi connectivity index (χ1v) is 5.82. The quantitative estimate of drug-likeness (QED) is 0.733. The first-order chi connectivity index (χ1) is 8.11. The van der Waals surface area contributed by atoms with E-state index in [1.54, 1.807) is 12.1 Å². The van der Waals surface area contributed by atoms with Gasteiger partial charge < -0.3 is 4.74 Å². The normalized spacial score (nSPS) is 10.0. The van der Waals surface area contributed by atoms with Gasteiger partial charge in [0.25, 0.3) is 0 Å². The van der Waals surface area contributed by atoms with Gasteiger partial charge in [0.15, 0.2) is 0 Å². The Labute approximate surface area is 106 Å². The third kappa shape index (κ3) is 5.50. The fourth-order valence-corrected chi connectivity index (χ4v) is 1.53. The molecule has 0 N–H and O–H groups in total. The van der Waals surface area contributed by atoms with Gasteiger partial charge in [-0.25, -0.2) is 0 Å². The van der Waals surface area contributed by atoms with Gasteiger partial charge in [-0.05, 0) is 24.1 Å². The number of carbonyl (C=O) groups excluding carboxylic acids is 2. The van der Waals surface area contributed by atoms with Crippen LogP contribution in [0, 0.1) is 0 Å². The minimum atomic E-state index is -0.343. The standard InChI is InChI=1S/C13H15ClO3/c1-17-13(16)9-8-12(15)7-4-10-2-5-11(14)6-3-10/h2-3,5-6H,4,7-9H2,1H3. The zero-order chi connectivity index (χ0) is 12.7. The number of esters is 1. The molecule has 0 aliphatic heterocycles. The highest BCUT2D eigenvalue weighted by Crippen LogP contribution is 2.11. The molecule has 0 saturated carbocycles. The molecule has 0 heterocycles. The minimum Gasteiger partial charge on any atom is -0.469 e. The van der Waals surface area contributed by atoms with Crippen molar-refractivity contribution in [3.05, 3.63) is 34.9 Å². The Hall–Kier alpha value is -1.35. The van der Waals surface area contributed by atoms with Gasteiger partial charge in [0.2, 0.25) is 0 Å². The van der Waals surface area contributed by atoms with E-state index < -0.39 is 0 Å². The number of Topliss-reactive ketones (excluding diaryl/α,β-unsaturated/α-hetero) is 1. The molecule has 1 aromatic rings. The Morgan fingerprint density at radius 3 is 2.35 bits per heavy atom. The van der Waals surface area contributed by atoms with Crippen LogP contribution in [-0.4, -0.2) is 18.9 Å². The molecule has 92 valence electrons. The van der Waals surface area contributed by atoms with Gasteiger partial charge in [-0.3, -0.25) is 9.59 Å². The predicted octanol–water partition coefficient (Wildman–Crippen LogP) is 2.79. The van der Waals surface area contributed by atoms with Crippen molar-refractivity contribution in [2.45, 2.75) is 25.7 Å². The van der Waals surface area contributed by atoms with Crippen LogP contribution in [0.1, 0.15) is 24.8 Å². The minimum absolute atomic E-state index is 0.0744. The number of aryl methyl sites for hydroxylation is 1. The topological polar surface area (TPSA) is 43.4 Å². The van der Waals surface area contributed by atoms with E-state index in [0.29, 0.717) is 17.9 Å². The Morgan fingerprint density at radius 2 is 1.76 bits per heavy atom. The van der Waals surface area contributed by atoms with E-state index in [-0.39, 0.29) is 24.6 Å².